The molecular weight excluding hydrogens is 229 g/mol. The Kier molecular flexibility index (Phi) is 7.62. The Morgan fingerprint density at radius 1 is 1.33 bits per heavy atom. The number of halogens is 1. The van der Waals surface area contributed by atoms with Crippen LogP contribution >= 0.6 is 0 Å². The summed E-state index contributed by atoms with van der Waals surface area (Å²) in [5.74, 6) is 0.339. The third-order valence-electron chi connectivity index (χ3n) is 2.93. The lowest BCUT2D eigenvalue weighted by molar-refractivity contribution is 0.120. The second-order valence-electron chi connectivity index (χ2n) is 4.66. The van der Waals surface area contributed by atoms with Crippen molar-refractivity contribution in [1.82, 2.24) is 5.32 Å². The molecule has 0 aliphatic rings. The molecule has 0 saturated carbocycles. The largest absolute Gasteiger partial charge is 0.381 e. The van der Waals surface area contributed by atoms with Crippen LogP contribution in [0, 0.1) is 11.7 Å². The summed E-state index contributed by atoms with van der Waals surface area (Å²) in [7, 11) is 1.95. The standard InChI is InChI=1S/C15H24FNO/c1-3-8-18-9-7-14(12-17-2)10-13-5-4-6-15(16)11-13/h4-6,11,14,17H,3,7-10,12H2,1-2H3. The fraction of sp³-hybridized carbons (Fsp3) is 0.600. The maximum atomic E-state index is 13.1. The molecule has 0 aliphatic carbocycles. The van der Waals surface area contributed by atoms with Gasteiger partial charge in [-0.25, -0.2) is 4.39 Å². The van der Waals surface area contributed by atoms with Crippen LogP contribution in [-0.4, -0.2) is 26.8 Å². The van der Waals surface area contributed by atoms with E-state index in [-0.39, 0.29) is 5.82 Å². The van der Waals surface area contributed by atoms with Crippen LogP contribution in [0.25, 0.3) is 0 Å². The molecule has 1 N–H and O–H groups in total. The van der Waals surface area contributed by atoms with Gasteiger partial charge >= 0.3 is 0 Å². The quantitative estimate of drug-likeness (QED) is 0.683. The van der Waals surface area contributed by atoms with Crippen molar-refractivity contribution in [2.45, 2.75) is 26.2 Å². The number of hydrogen-bond donors (Lipinski definition) is 1. The van der Waals surface area contributed by atoms with Gasteiger partial charge in [0.2, 0.25) is 0 Å². The van der Waals surface area contributed by atoms with Gasteiger partial charge < -0.3 is 10.1 Å². The third-order valence-corrected chi connectivity index (χ3v) is 2.93. The Morgan fingerprint density at radius 3 is 2.83 bits per heavy atom. The van der Waals surface area contributed by atoms with E-state index in [1.165, 1.54) is 6.07 Å². The van der Waals surface area contributed by atoms with Crippen LogP contribution in [0.5, 0.6) is 0 Å². The highest BCUT2D eigenvalue weighted by atomic mass is 19.1. The zero-order valence-corrected chi connectivity index (χ0v) is 11.4. The van der Waals surface area contributed by atoms with E-state index >= 15 is 0 Å². The maximum absolute atomic E-state index is 13.1. The lowest BCUT2D eigenvalue weighted by Crippen LogP contribution is -2.22. The van der Waals surface area contributed by atoms with Gasteiger partial charge in [0.05, 0.1) is 0 Å². The van der Waals surface area contributed by atoms with Crippen molar-refractivity contribution in [3.63, 3.8) is 0 Å². The van der Waals surface area contributed by atoms with Crippen LogP contribution in [0.15, 0.2) is 24.3 Å². The first-order valence-electron chi connectivity index (χ1n) is 6.73. The number of benzene rings is 1. The van der Waals surface area contributed by atoms with E-state index < -0.39 is 0 Å². The highest BCUT2D eigenvalue weighted by molar-refractivity contribution is 5.16. The highest BCUT2D eigenvalue weighted by Gasteiger charge is 2.09. The molecule has 0 aliphatic heterocycles. The first-order chi connectivity index (χ1) is 8.76. The predicted octanol–water partition coefficient (Wildman–Crippen LogP) is 3.02. The van der Waals surface area contributed by atoms with Crippen molar-refractivity contribution < 1.29 is 9.13 Å². The van der Waals surface area contributed by atoms with E-state index in [1.807, 2.05) is 13.1 Å². The van der Waals surface area contributed by atoms with E-state index in [0.29, 0.717) is 5.92 Å². The van der Waals surface area contributed by atoms with Gasteiger partial charge in [-0.1, -0.05) is 19.1 Å². The van der Waals surface area contributed by atoms with Crippen LogP contribution in [0.1, 0.15) is 25.3 Å². The fourth-order valence-corrected chi connectivity index (χ4v) is 2.06. The molecule has 102 valence electrons. The molecule has 1 aromatic rings. The predicted molar refractivity (Wildman–Crippen MR) is 73.2 cm³/mol. The van der Waals surface area contributed by atoms with Gasteiger partial charge in [-0.2, -0.15) is 0 Å². The number of nitrogens with one attached hydrogen (secondary N) is 1. The molecule has 1 rings (SSSR count). The van der Waals surface area contributed by atoms with E-state index in [2.05, 4.69) is 12.2 Å². The average molecular weight is 253 g/mol. The van der Waals surface area contributed by atoms with E-state index in [4.69, 9.17) is 4.74 Å². The number of ether oxygens (including phenoxy) is 1. The minimum absolute atomic E-state index is 0.155. The summed E-state index contributed by atoms with van der Waals surface area (Å²) in [6.45, 7) is 4.66. The van der Waals surface area contributed by atoms with Gasteiger partial charge in [-0.05, 0) is 56.5 Å². The topological polar surface area (TPSA) is 21.3 Å². The average Bonchev–Trinajstić information content (AvgIpc) is 2.35. The molecule has 0 amide bonds. The zero-order chi connectivity index (χ0) is 13.2. The van der Waals surface area contributed by atoms with Gasteiger partial charge in [0.1, 0.15) is 5.82 Å². The molecule has 3 heteroatoms. The van der Waals surface area contributed by atoms with Crippen LogP contribution in [0.3, 0.4) is 0 Å². The van der Waals surface area contributed by atoms with Crippen LogP contribution < -0.4 is 5.32 Å². The van der Waals surface area contributed by atoms with E-state index in [0.717, 1.165) is 44.6 Å². The molecule has 0 aromatic heterocycles. The lowest BCUT2D eigenvalue weighted by Gasteiger charge is -2.16. The summed E-state index contributed by atoms with van der Waals surface area (Å²) in [4.78, 5) is 0. The van der Waals surface area contributed by atoms with Crippen molar-refractivity contribution in [1.29, 1.82) is 0 Å². The van der Waals surface area contributed by atoms with E-state index in [1.54, 1.807) is 12.1 Å². The molecule has 1 aromatic carbocycles. The third kappa shape index (κ3) is 6.12. The number of hydrogen-bond acceptors (Lipinski definition) is 2. The summed E-state index contributed by atoms with van der Waals surface area (Å²) in [5, 5.41) is 3.19. The van der Waals surface area contributed by atoms with Gasteiger partial charge in [0.25, 0.3) is 0 Å². The van der Waals surface area contributed by atoms with E-state index in [9.17, 15) is 4.39 Å². The molecular formula is C15H24FNO. The van der Waals surface area contributed by atoms with Crippen molar-refractivity contribution in [3.8, 4) is 0 Å². The molecule has 0 spiro atoms. The van der Waals surface area contributed by atoms with Crippen LogP contribution in [0.4, 0.5) is 4.39 Å². The minimum Gasteiger partial charge on any atom is -0.381 e. The Morgan fingerprint density at radius 2 is 2.17 bits per heavy atom. The van der Waals surface area contributed by atoms with Gasteiger partial charge in [-0.3, -0.25) is 0 Å². The maximum Gasteiger partial charge on any atom is 0.123 e. The summed E-state index contributed by atoms with van der Waals surface area (Å²) in [6.07, 6.45) is 2.96. The molecule has 0 heterocycles. The SMILES string of the molecule is CCCOCCC(CNC)Cc1cccc(F)c1. The molecule has 0 bridgehead atoms. The Labute approximate surface area is 110 Å². The molecule has 0 radical (unpaired) electrons. The second-order valence-corrected chi connectivity index (χ2v) is 4.66. The Balaban J connectivity index is 2.41. The Hall–Kier alpha value is -0.930. The smallest absolute Gasteiger partial charge is 0.123 e. The highest BCUT2D eigenvalue weighted by Crippen LogP contribution is 2.13. The summed E-state index contributed by atoms with van der Waals surface area (Å²) >= 11 is 0. The lowest BCUT2D eigenvalue weighted by atomic mass is 9.96. The van der Waals surface area contributed by atoms with Gasteiger partial charge in [0.15, 0.2) is 0 Å². The normalized spacial score (nSPS) is 12.6. The van der Waals surface area contributed by atoms with Crippen molar-refractivity contribution in [3.05, 3.63) is 35.6 Å². The van der Waals surface area contributed by atoms with Crippen molar-refractivity contribution >= 4 is 0 Å². The molecule has 0 saturated heterocycles. The van der Waals surface area contributed by atoms with Crippen LogP contribution in [-0.2, 0) is 11.2 Å². The number of rotatable bonds is 9. The molecule has 1 unspecified atom stereocenters. The molecule has 18 heavy (non-hydrogen) atoms. The fourth-order valence-electron chi connectivity index (χ4n) is 2.06. The van der Waals surface area contributed by atoms with Crippen molar-refractivity contribution in [2.24, 2.45) is 5.92 Å². The van der Waals surface area contributed by atoms with Crippen molar-refractivity contribution in [2.75, 3.05) is 26.8 Å². The van der Waals surface area contributed by atoms with Gasteiger partial charge in [0, 0.05) is 13.2 Å². The summed E-state index contributed by atoms with van der Waals surface area (Å²) in [5.41, 5.74) is 1.06. The summed E-state index contributed by atoms with van der Waals surface area (Å²) < 4.78 is 18.6. The molecule has 2 nitrogen and oxygen atoms in total. The molecule has 0 fully saturated rings. The molecule has 1 atom stereocenters. The zero-order valence-electron chi connectivity index (χ0n) is 11.4. The minimum atomic E-state index is -0.155. The van der Waals surface area contributed by atoms with Gasteiger partial charge in [-0.15, -0.1) is 0 Å². The first kappa shape index (κ1) is 15.1. The Bertz CT molecular complexity index is 330. The summed E-state index contributed by atoms with van der Waals surface area (Å²) in [6, 6.07) is 6.86. The second kappa shape index (κ2) is 9.06. The van der Waals surface area contributed by atoms with Crippen LogP contribution in [0.2, 0.25) is 0 Å². The first-order valence-corrected chi connectivity index (χ1v) is 6.73. The monoisotopic (exact) mass is 253 g/mol.